The fourth-order valence-corrected chi connectivity index (χ4v) is 2.64. The zero-order valence-corrected chi connectivity index (χ0v) is 13.0. The fourth-order valence-electron chi connectivity index (χ4n) is 2.64. The molecule has 0 radical (unpaired) electrons. The maximum absolute atomic E-state index is 12.3. The Kier molecular flexibility index (Phi) is 4.83. The number of hydrogen-bond acceptors (Lipinski definition) is 5. The van der Waals surface area contributed by atoms with Gasteiger partial charge in [-0.2, -0.15) is 0 Å². The molecule has 1 amide bonds. The van der Waals surface area contributed by atoms with Crippen LogP contribution in [0.15, 0.2) is 42.9 Å². The summed E-state index contributed by atoms with van der Waals surface area (Å²) in [6.45, 7) is 2.90. The van der Waals surface area contributed by atoms with Gasteiger partial charge in [-0.25, -0.2) is 0 Å². The van der Waals surface area contributed by atoms with Gasteiger partial charge in [0.2, 0.25) is 0 Å². The van der Waals surface area contributed by atoms with Crippen LogP contribution in [0.5, 0.6) is 0 Å². The number of nitrogens with zero attached hydrogens (tertiary/aromatic N) is 2. The van der Waals surface area contributed by atoms with Gasteiger partial charge in [-0.1, -0.05) is 6.07 Å². The molecule has 2 aromatic rings. The first-order chi connectivity index (χ1) is 11.2. The van der Waals surface area contributed by atoms with Crippen molar-refractivity contribution in [2.24, 2.45) is 0 Å². The van der Waals surface area contributed by atoms with Crippen LogP contribution in [0.2, 0.25) is 0 Å². The standard InChI is InChI=1S/C17H20N4O2/c1-12(16-6-4-10-23-16)20-13-7-9-18-11-15(13)21-17(22)14-5-2-3-8-19-14/h2-3,5,7-9,11-12,16H,4,6,10H2,1H3,(H,18,20)(H,21,22). The highest BCUT2D eigenvalue weighted by molar-refractivity contribution is 6.04. The Morgan fingerprint density at radius 2 is 2.22 bits per heavy atom. The van der Waals surface area contributed by atoms with Gasteiger partial charge in [-0.3, -0.25) is 14.8 Å². The van der Waals surface area contributed by atoms with E-state index in [1.54, 1.807) is 36.8 Å². The van der Waals surface area contributed by atoms with E-state index < -0.39 is 0 Å². The quantitative estimate of drug-likeness (QED) is 0.888. The van der Waals surface area contributed by atoms with Crippen molar-refractivity contribution in [3.63, 3.8) is 0 Å². The van der Waals surface area contributed by atoms with Gasteiger partial charge in [0, 0.05) is 25.0 Å². The Balaban J connectivity index is 1.71. The van der Waals surface area contributed by atoms with E-state index in [0.717, 1.165) is 25.1 Å². The first kappa shape index (κ1) is 15.4. The van der Waals surface area contributed by atoms with E-state index in [1.807, 2.05) is 6.07 Å². The van der Waals surface area contributed by atoms with Crippen LogP contribution in [0.1, 0.15) is 30.3 Å². The molecule has 3 rings (SSSR count). The molecule has 23 heavy (non-hydrogen) atoms. The molecule has 1 aliphatic heterocycles. The largest absolute Gasteiger partial charge is 0.378 e. The van der Waals surface area contributed by atoms with Crippen molar-refractivity contribution in [2.75, 3.05) is 17.2 Å². The number of anilines is 2. The Morgan fingerprint density at radius 1 is 1.30 bits per heavy atom. The molecule has 2 aromatic heterocycles. The van der Waals surface area contributed by atoms with Crippen molar-refractivity contribution in [3.8, 4) is 0 Å². The molecule has 0 spiro atoms. The first-order valence-electron chi connectivity index (χ1n) is 7.78. The van der Waals surface area contributed by atoms with Crippen LogP contribution in [0, 0.1) is 0 Å². The maximum Gasteiger partial charge on any atom is 0.274 e. The minimum Gasteiger partial charge on any atom is -0.378 e. The summed E-state index contributed by atoms with van der Waals surface area (Å²) in [6, 6.07) is 7.24. The van der Waals surface area contributed by atoms with E-state index >= 15 is 0 Å². The Bertz CT molecular complexity index is 657. The van der Waals surface area contributed by atoms with Crippen LogP contribution in [0.3, 0.4) is 0 Å². The lowest BCUT2D eigenvalue weighted by Crippen LogP contribution is -2.30. The number of amides is 1. The molecule has 120 valence electrons. The van der Waals surface area contributed by atoms with Crippen molar-refractivity contribution in [2.45, 2.75) is 31.9 Å². The summed E-state index contributed by atoms with van der Waals surface area (Å²) in [6.07, 6.45) is 7.26. The topological polar surface area (TPSA) is 76.1 Å². The first-order valence-corrected chi connectivity index (χ1v) is 7.78. The lowest BCUT2D eigenvalue weighted by atomic mass is 10.1. The van der Waals surface area contributed by atoms with E-state index in [2.05, 4.69) is 27.5 Å². The molecule has 3 heterocycles. The van der Waals surface area contributed by atoms with Crippen molar-refractivity contribution in [1.29, 1.82) is 0 Å². The lowest BCUT2D eigenvalue weighted by molar-refractivity contribution is 0.0997. The second-order valence-electron chi connectivity index (χ2n) is 5.57. The molecule has 0 aliphatic carbocycles. The molecular weight excluding hydrogens is 292 g/mol. The molecule has 0 saturated carbocycles. The van der Waals surface area contributed by atoms with Gasteiger partial charge in [-0.15, -0.1) is 0 Å². The van der Waals surface area contributed by atoms with Crippen LogP contribution in [-0.2, 0) is 4.74 Å². The second kappa shape index (κ2) is 7.19. The van der Waals surface area contributed by atoms with Crippen LogP contribution in [0.25, 0.3) is 0 Å². The van der Waals surface area contributed by atoms with Gasteiger partial charge >= 0.3 is 0 Å². The zero-order chi connectivity index (χ0) is 16.1. The van der Waals surface area contributed by atoms with Crippen molar-refractivity contribution in [3.05, 3.63) is 48.5 Å². The molecule has 1 aliphatic rings. The highest BCUT2D eigenvalue weighted by Gasteiger charge is 2.23. The number of ether oxygens (including phenoxy) is 1. The lowest BCUT2D eigenvalue weighted by Gasteiger charge is -2.22. The molecule has 2 atom stereocenters. The summed E-state index contributed by atoms with van der Waals surface area (Å²) in [4.78, 5) is 20.4. The number of hydrogen-bond donors (Lipinski definition) is 2. The van der Waals surface area contributed by atoms with Gasteiger partial charge in [0.1, 0.15) is 5.69 Å². The molecule has 1 saturated heterocycles. The third kappa shape index (κ3) is 3.84. The molecule has 2 N–H and O–H groups in total. The van der Waals surface area contributed by atoms with Gasteiger partial charge in [-0.05, 0) is 38.0 Å². The van der Waals surface area contributed by atoms with E-state index in [1.165, 1.54) is 0 Å². The van der Waals surface area contributed by atoms with Gasteiger partial charge in [0.15, 0.2) is 0 Å². The Hall–Kier alpha value is -2.47. The summed E-state index contributed by atoms with van der Waals surface area (Å²) in [5, 5.41) is 6.26. The van der Waals surface area contributed by atoms with Crippen molar-refractivity contribution < 1.29 is 9.53 Å². The van der Waals surface area contributed by atoms with E-state index in [-0.39, 0.29) is 18.1 Å². The molecule has 6 heteroatoms. The molecule has 6 nitrogen and oxygen atoms in total. The average molecular weight is 312 g/mol. The molecule has 2 unspecified atom stereocenters. The number of nitrogens with one attached hydrogen (secondary N) is 2. The number of rotatable bonds is 5. The van der Waals surface area contributed by atoms with Gasteiger partial charge in [0.25, 0.3) is 5.91 Å². The number of carbonyl (C=O) groups excluding carboxylic acids is 1. The predicted molar refractivity (Wildman–Crippen MR) is 88.5 cm³/mol. The summed E-state index contributed by atoms with van der Waals surface area (Å²) in [5.41, 5.74) is 1.83. The summed E-state index contributed by atoms with van der Waals surface area (Å²) < 4.78 is 5.70. The third-order valence-electron chi connectivity index (χ3n) is 3.87. The second-order valence-corrected chi connectivity index (χ2v) is 5.57. The molecule has 0 bridgehead atoms. The highest BCUT2D eigenvalue weighted by atomic mass is 16.5. The normalized spacial score (nSPS) is 18.4. The Morgan fingerprint density at radius 3 is 2.96 bits per heavy atom. The molecule has 1 fully saturated rings. The Labute approximate surface area is 135 Å². The smallest absolute Gasteiger partial charge is 0.274 e. The summed E-state index contributed by atoms with van der Waals surface area (Å²) in [7, 11) is 0. The van der Waals surface area contributed by atoms with Crippen LogP contribution in [-0.4, -0.2) is 34.6 Å². The maximum atomic E-state index is 12.3. The molecule has 0 aromatic carbocycles. The zero-order valence-electron chi connectivity index (χ0n) is 13.0. The van der Waals surface area contributed by atoms with E-state index in [0.29, 0.717) is 11.4 Å². The predicted octanol–water partition coefficient (Wildman–Crippen LogP) is 2.71. The number of carbonyl (C=O) groups is 1. The molecular formula is C17H20N4O2. The average Bonchev–Trinajstić information content (AvgIpc) is 3.12. The minimum absolute atomic E-state index is 0.158. The number of pyridine rings is 2. The minimum atomic E-state index is -0.258. The van der Waals surface area contributed by atoms with Crippen LogP contribution < -0.4 is 10.6 Å². The summed E-state index contributed by atoms with van der Waals surface area (Å²) in [5.74, 6) is -0.258. The highest BCUT2D eigenvalue weighted by Crippen LogP contribution is 2.24. The van der Waals surface area contributed by atoms with E-state index in [9.17, 15) is 4.79 Å². The monoisotopic (exact) mass is 312 g/mol. The number of aromatic nitrogens is 2. The summed E-state index contributed by atoms with van der Waals surface area (Å²) >= 11 is 0. The van der Waals surface area contributed by atoms with Crippen molar-refractivity contribution >= 4 is 17.3 Å². The van der Waals surface area contributed by atoms with Crippen LogP contribution in [0.4, 0.5) is 11.4 Å². The third-order valence-corrected chi connectivity index (χ3v) is 3.87. The van der Waals surface area contributed by atoms with Gasteiger partial charge < -0.3 is 15.4 Å². The van der Waals surface area contributed by atoms with Crippen molar-refractivity contribution in [1.82, 2.24) is 9.97 Å². The van der Waals surface area contributed by atoms with Crippen LogP contribution >= 0.6 is 0 Å². The van der Waals surface area contributed by atoms with Gasteiger partial charge in [0.05, 0.1) is 23.7 Å². The SMILES string of the molecule is CC(Nc1ccncc1NC(=O)c1ccccn1)C1CCCO1. The fraction of sp³-hybridized carbons (Fsp3) is 0.353. The van der Waals surface area contributed by atoms with E-state index in [4.69, 9.17) is 4.74 Å².